The van der Waals surface area contributed by atoms with Crippen LogP contribution in [0.25, 0.3) is 0 Å². The second-order valence-electron chi connectivity index (χ2n) is 6.61. The zero-order chi connectivity index (χ0) is 16.0. The first-order chi connectivity index (χ1) is 11.2. The largest absolute Gasteiger partial charge is 0.493 e. The third-order valence-corrected chi connectivity index (χ3v) is 5.30. The Labute approximate surface area is 149 Å². The summed E-state index contributed by atoms with van der Waals surface area (Å²) < 4.78 is 11.0. The molecular formula is C20H24ClNO2. The predicted molar refractivity (Wildman–Crippen MR) is 98.8 cm³/mol. The van der Waals surface area contributed by atoms with Crippen LogP contribution in [0.3, 0.4) is 0 Å². The SMILES string of the molecule is COc1cc2c(cc1OC)[C@H]1c3ccc(C)cc3CN[C@@H]1CC2.Cl. The van der Waals surface area contributed by atoms with E-state index in [4.69, 9.17) is 9.47 Å². The molecule has 0 unspecified atom stereocenters. The van der Waals surface area contributed by atoms with Gasteiger partial charge in [-0.3, -0.25) is 0 Å². The van der Waals surface area contributed by atoms with Crippen LogP contribution in [0, 0.1) is 6.92 Å². The molecule has 1 N–H and O–H groups in total. The highest BCUT2D eigenvalue weighted by Crippen LogP contribution is 2.44. The van der Waals surface area contributed by atoms with Gasteiger partial charge in [0.25, 0.3) is 0 Å². The molecule has 2 aromatic carbocycles. The number of aryl methyl sites for hydroxylation is 2. The van der Waals surface area contributed by atoms with Crippen molar-refractivity contribution in [3.8, 4) is 11.5 Å². The maximum absolute atomic E-state index is 5.54. The van der Waals surface area contributed by atoms with E-state index in [0.717, 1.165) is 24.5 Å². The number of rotatable bonds is 2. The lowest BCUT2D eigenvalue weighted by Gasteiger charge is -2.40. The van der Waals surface area contributed by atoms with Crippen LogP contribution in [-0.4, -0.2) is 20.3 Å². The second-order valence-corrected chi connectivity index (χ2v) is 6.61. The van der Waals surface area contributed by atoms with Crippen molar-refractivity contribution < 1.29 is 9.47 Å². The Balaban J connectivity index is 0.00000169. The minimum atomic E-state index is 0. The van der Waals surface area contributed by atoms with Gasteiger partial charge in [-0.25, -0.2) is 0 Å². The van der Waals surface area contributed by atoms with Crippen molar-refractivity contribution in [1.82, 2.24) is 5.32 Å². The van der Waals surface area contributed by atoms with Gasteiger partial charge in [0.15, 0.2) is 11.5 Å². The number of ether oxygens (including phenoxy) is 2. The van der Waals surface area contributed by atoms with Crippen molar-refractivity contribution in [2.24, 2.45) is 0 Å². The zero-order valence-electron chi connectivity index (χ0n) is 14.4. The van der Waals surface area contributed by atoms with E-state index in [2.05, 4.69) is 42.6 Å². The van der Waals surface area contributed by atoms with Crippen molar-refractivity contribution in [1.29, 1.82) is 0 Å². The normalized spacial score (nSPS) is 21.0. The Kier molecular flexibility index (Phi) is 4.75. The first-order valence-corrected chi connectivity index (χ1v) is 8.29. The number of hydrogen-bond donors (Lipinski definition) is 1. The molecule has 128 valence electrons. The maximum Gasteiger partial charge on any atom is 0.161 e. The average molecular weight is 346 g/mol. The summed E-state index contributed by atoms with van der Waals surface area (Å²) >= 11 is 0. The molecule has 0 amide bonds. The minimum absolute atomic E-state index is 0. The van der Waals surface area contributed by atoms with Gasteiger partial charge in [0.1, 0.15) is 0 Å². The molecule has 0 saturated carbocycles. The van der Waals surface area contributed by atoms with Crippen LogP contribution in [0.4, 0.5) is 0 Å². The van der Waals surface area contributed by atoms with Gasteiger partial charge in [0, 0.05) is 18.5 Å². The van der Waals surface area contributed by atoms with Crippen LogP contribution in [-0.2, 0) is 13.0 Å². The van der Waals surface area contributed by atoms with Crippen molar-refractivity contribution >= 4 is 12.4 Å². The van der Waals surface area contributed by atoms with E-state index in [9.17, 15) is 0 Å². The summed E-state index contributed by atoms with van der Waals surface area (Å²) in [5.74, 6) is 2.06. The summed E-state index contributed by atoms with van der Waals surface area (Å²) in [7, 11) is 3.41. The highest BCUT2D eigenvalue weighted by molar-refractivity contribution is 5.85. The standard InChI is InChI=1S/C20H23NO2.ClH/c1-12-4-6-15-14(8-12)11-21-17-7-5-13-9-18(22-2)19(23-3)10-16(13)20(15)17;/h4,6,8-10,17,20-21H,5,7,11H2,1-3H3;1H/t17-,20-;/m1./s1. The molecule has 2 atom stereocenters. The molecule has 0 bridgehead atoms. The lowest BCUT2D eigenvalue weighted by molar-refractivity contribution is 0.349. The first-order valence-electron chi connectivity index (χ1n) is 8.29. The molecule has 2 aliphatic rings. The molecule has 1 heterocycles. The van der Waals surface area contributed by atoms with Crippen molar-refractivity contribution in [2.45, 2.75) is 38.3 Å². The Morgan fingerprint density at radius 1 is 0.958 bits per heavy atom. The van der Waals surface area contributed by atoms with E-state index in [1.54, 1.807) is 14.2 Å². The van der Waals surface area contributed by atoms with Crippen LogP contribution in [0.1, 0.15) is 40.2 Å². The molecule has 0 fully saturated rings. The number of nitrogens with one attached hydrogen (secondary N) is 1. The lowest BCUT2D eigenvalue weighted by atomic mass is 9.72. The van der Waals surface area contributed by atoms with Crippen molar-refractivity contribution in [2.75, 3.05) is 14.2 Å². The second kappa shape index (κ2) is 6.66. The van der Waals surface area contributed by atoms with Gasteiger partial charge in [-0.05, 0) is 54.2 Å². The number of fused-ring (bicyclic) bond motifs is 5. The fourth-order valence-corrected chi connectivity index (χ4v) is 4.17. The third-order valence-electron chi connectivity index (χ3n) is 5.30. The summed E-state index contributed by atoms with van der Waals surface area (Å²) in [6.07, 6.45) is 2.26. The van der Waals surface area contributed by atoms with Crippen LogP contribution in [0.2, 0.25) is 0 Å². The van der Waals surface area contributed by atoms with Crippen molar-refractivity contribution in [3.05, 3.63) is 58.1 Å². The Bertz CT molecular complexity index is 760. The lowest BCUT2D eigenvalue weighted by Crippen LogP contribution is -2.42. The molecule has 1 aliphatic carbocycles. The van der Waals surface area contributed by atoms with Gasteiger partial charge in [-0.15, -0.1) is 12.4 Å². The first kappa shape index (κ1) is 17.1. The molecule has 3 nitrogen and oxygen atoms in total. The fourth-order valence-electron chi connectivity index (χ4n) is 4.17. The van der Waals surface area contributed by atoms with E-state index in [0.29, 0.717) is 12.0 Å². The molecule has 0 saturated heterocycles. The van der Waals surface area contributed by atoms with Crippen LogP contribution < -0.4 is 14.8 Å². The van der Waals surface area contributed by atoms with E-state index >= 15 is 0 Å². The van der Waals surface area contributed by atoms with E-state index < -0.39 is 0 Å². The molecule has 4 heteroatoms. The summed E-state index contributed by atoms with van der Waals surface area (Å²) in [6.45, 7) is 3.13. The summed E-state index contributed by atoms with van der Waals surface area (Å²) in [5.41, 5.74) is 6.99. The van der Waals surface area contributed by atoms with Gasteiger partial charge in [0.2, 0.25) is 0 Å². The maximum atomic E-state index is 5.54. The number of benzene rings is 2. The molecule has 1 aliphatic heterocycles. The monoisotopic (exact) mass is 345 g/mol. The third kappa shape index (κ3) is 2.66. The Morgan fingerprint density at radius 3 is 2.46 bits per heavy atom. The highest BCUT2D eigenvalue weighted by Gasteiger charge is 2.35. The summed E-state index contributed by atoms with van der Waals surface area (Å²) in [4.78, 5) is 0. The van der Waals surface area contributed by atoms with Crippen LogP contribution >= 0.6 is 12.4 Å². The van der Waals surface area contributed by atoms with Crippen LogP contribution in [0.5, 0.6) is 11.5 Å². The quantitative estimate of drug-likeness (QED) is 0.893. The number of hydrogen-bond acceptors (Lipinski definition) is 3. The molecule has 0 spiro atoms. The van der Waals surface area contributed by atoms with Gasteiger partial charge < -0.3 is 14.8 Å². The minimum Gasteiger partial charge on any atom is -0.493 e. The molecule has 0 aromatic heterocycles. The predicted octanol–water partition coefficient (Wildman–Crippen LogP) is 3.98. The molecule has 2 aromatic rings. The molecular weight excluding hydrogens is 322 g/mol. The summed E-state index contributed by atoms with van der Waals surface area (Å²) in [6, 6.07) is 11.7. The van der Waals surface area contributed by atoms with Gasteiger partial charge in [0.05, 0.1) is 14.2 Å². The Hall–Kier alpha value is -1.71. The number of halogens is 1. The van der Waals surface area contributed by atoms with Crippen molar-refractivity contribution in [3.63, 3.8) is 0 Å². The van der Waals surface area contributed by atoms with E-state index in [-0.39, 0.29) is 12.4 Å². The molecule has 0 radical (unpaired) electrons. The zero-order valence-corrected chi connectivity index (χ0v) is 15.2. The highest BCUT2D eigenvalue weighted by atomic mass is 35.5. The topological polar surface area (TPSA) is 30.5 Å². The van der Waals surface area contributed by atoms with Gasteiger partial charge >= 0.3 is 0 Å². The Morgan fingerprint density at radius 2 is 1.71 bits per heavy atom. The van der Waals surface area contributed by atoms with E-state index in [1.807, 2.05) is 0 Å². The average Bonchev–Trinajstić information content (AvgIpc) is 2.59. The fraction of sp³-hybridized carbons (Fsp3) is 0.400. The van der Waals surface area contributed by atoms with Gasteiger partial charge in [-0.1, -0.05) is 23.8 Å². The van der Waals surface area contributed by atoms with E-state index in [1.165, 1.54) is 34.2 Å². The van der Waals surface area contributed by atoms with Gasteiger partial charge in [-0.2, -0.15) is 0 Å². The smallest absolute Gasteiger partial charge is 0.161 e. The van der Waals surface area contributed by atoms with Crippen LogP contribution in [0.15, 0.2) is 30.3 Å². The summed E-state index contributed by atoms with van der Waals surface area (Å²) in [5, 5.41) is 3.74. The number of methoxy groups -OCH3 is 2. The molecule has 4 rings (SSSR count). The molecule has 24 heavy (non-hydrogen) atoms.